The van der Waals surface area contributed by atoms with Gasteiger partial charge in [0.1, 0.15) is 5.01 Å². The second-order valence-corrected chi connectivity index (χ2v) is 10.2. The third-order valence-corrected chi connectivity index (χ3v) is 7.83. The summed E-state index contributed by atoms with van der Waals surface area (Å²) in [7, 11) is -0.365. The third-order valence-electron chi connectivity index (χ3n) is 6.70. The normalized spacial score (nSPS) is 17.9. The number of thiazole rings is 1. The van der Waals surface area contributed by atoms with Crippen molar-refractivity contribution < 1.29 is 9.31 Å². The highest BCUT2D eigenvalue weighted by Crippen LogP contribution is 2.39. The molecule has 3 heterocycles. The van der Waals surface area contributed by atoms with Gasteiger partial charge < -0.3 is 14.3 Å². The van der Waals surface area contributed by atoms with E-state index in [4.69, 9.17) is 14.3 Å². The molecule has 31 heavy (non-hydrogen) atoms. The molecule has 0 bridgehead atoms. The lowest BCUT2D eigenvalue weighted by Gasteiger charge is -2.32. The molecule has 0 spiro atoms. The Morgan fingerprint density at radius 3 is 2.35 bits per heavy atom. The number of fused-ring (bicyclic) bond motifs is 5. The minimum atomic E-state index is -0.365. The van der Waals surface area contributed by atoms with E-state index >= 15 is 0 Å². The van der Waals surface area contributed by atoms with Gasteiger partial charge in [-0.15, -0.1) is 11.3 Å². The van der Waals surface area contributed by atoms with Crippen LogP contribution in [0.25, 0.3) is 42.6 Å². The predicted octanol–water partition coefficient (Wildman–Crippen LogP) is 5.90. The summed E-state index contributed by atoms with van der Waals surface area (Å²) in [5, 5.41) is 3.42. The summed E-state index contributed by atoms with van der Waals surface area (Å²) in [4.78, 5) is 8.50. The molecule has 3 aromatic carbocycles. The zero-order valence-electron chi connectivity index (χ0n) is 18.0. The monoisotopic (exact) mass is 426 g/mol. The molecule has 154 valence electrons. The maximum atomic E-state index is 6.27. The molecule has 1 fully saturated rings. The Bertz CT molecular complexity index is 1440. The van der Waals surface area contributed by atoms with Crippen molar-refractivity contribution in [2.24, 2.45) is 0 Å². The lowest BCUT2D eigenvalue weighted by molar-refractivity contribution is 0.00578. The number of nitrogens with one attached hydrogen (secondary N) is 1. The molecule has 0 atom stereocenters. The van der Waals surface area contributed by atoms with E-state index in [1.54, 1.807) is 11.3 Å². The van der Waals surface area contributed by atoms with Crippen molar-refractivity contribution >= 4 is 55.9 Å². The van der Waals surface area contributed by atoms with Crippen LogP contribution in [-0.4, -0.2) is 28.3 Å². The van der Waals surface area contributed by atoms with Gasteiger partial charge >= 0.3 is 7.12 Å². The summed E-state index contributed by atoms with van der Waals surface area (Å²) in [6, 6.07) is 21.1. The van der Waals surface area contributed by atoms with Gasteiger partial charge in [0, 0.05) is 21.9 Å². The summed E-state index contributed by atoms with van der Waals surface area (Å²) in [5.41, 5.74) is 4.76. The Balaban J connectivity index is 1.49. The molecule has 1 N–H and O–H groups in total. The summed E-state index contributed by atoms with van der Waals surface area (Å²) in [6.07, 6.45) is 0. The number of aromatic amines is 1. The predicted molar refractivity (Wildman–Crippen MR) is 130 cm³/mol. The Hall–Kier alpha value is -2.67. The van der Waals surface area contributed by atoms with Crippen LogP contribution in [0, 0.1) is 0 Å². The van der Waals surface area contributed by atoms with E-state index in [9.17, 15) is 0 Å². The molecule has 0 aliphatic carbocycles. The molecule has 5 aromatic rings. The van der Waals surface area contributed by atoms with Gasteiger partial charge in [0.2, 0.25) is 0 Å². The van der Waals surface area contributed by atoms with Gasteiger partial charge in [0.15, 0.2) is 0 Å². The first-order valence-electron chi connectivity index (χ1n) is 10.6. The molecule has 0 saturated carbocycles. The number of rotatable bonds is 2. The molecular formula is C25H23BN2O2S. The molecule has 6 rings (SSSR count). The van der Waals surface area contributed by atoms with Crippen LogP contribution in [0.5, 0.6) is 0 Å². The van der Waals surface area contributed by atoms with Crippen molar-refractivity contribution in [1.29, 1.82) is 0 Å². The van der Waals surface area contributed by atoms with Gasteiger partial charge in [0.05, 0.1) is 26.9 Å². The molecular weight excluding hydrogens is 403 g/mol. The quantitative estimate of drug-likeness (QED) is 0.358. The Labute approximate surface area is 185 Å². The fraction of sp³-hybridized carbons (Fsp3) is 0.240. The lowest BCUT2D eigenvalue weighted by atomic mass is 9.78. The van der Waals surface area contributed by atoms with Gasteiger partial charge in [-0.2, -0.15) is 0 Å². The van der Waals surface area contributed by atoms with Crippen molar-refractivity contribution in [3.63, 3.8) is 0 Å². The average molecular weight is 426 g/mol. The molecule has 1 aliphatic heterocycles. The van der Waals surface area contributed by atoms with E-state index in [-0.39, 0.29) is 18.3 Å². The number of benzene rings is 3. The van der Waals surface area contributed by atoms with Crippen LogP contribution in [0.1, 0.15) is 27.7 Å². The lowest BCUT2D eigenvalue weighted by Crippen LogP contribution is -2.41. The Morgan fingerprint density at radius 1 is 0.871 bits per heavy atom. The smallest absolute Gasteiger partial charge is 0.399 e. The first kappa shape index (κ1) is 19.1. The highest BCUT2D eigenvalue weighted by atomic mass is 32.1. The van der Waals surface area contributed by atoms with Crippen molar-refractivity contribution in [2.75, 3.05) is 0 Å². The zero-order valence-corrected chi connectivity index (χ0v) is 18.8. The fourth-order valence-electron chi connectivity index (χ4n) is 4.20. The summed E-state index contributed by atoms with van der Waals surface area (Å²) < 4.78 is 13.7. The van der Waals surface area contributed by atoms with E-state index in [0.717, 1.165) is 32.6 Å². The maximum absolute atomic E-state index is 6.27. The van der Waals surface area contributed by atoms with Gasteiger partial charge in [-0.25, -0.2) is 4.98 Å². The van der Waals surface area contributed by atoms with Crippen molar-refractivity contribution in [1.82, 2.24) is 9.97 Å². The van der Waals surface area contributed by atoms with Crippen LogP contribution < -0.4 is 5.46 Å². The number of hydrogen-bond acceptors (Lipinski definition) is 4. The highest BCUT2D eigenvalue weighted by molar-refractivity contribution is 7.22. The van der Waals surface area contributed by atoms with E-state index in [2.05, 4.69) is 87.3 Å². The number of nitrogens with zero attached hydrogens (tertiary/aromatic N) is 1. The molecule has 0 amide bonds. The summed E-state index contributed by atoms with van der Waals surface area (Å²) in [5.74, 6) is 0. The second kappa shape index (κ2) is 6.42. The van der Waals surface area contributed by atoms with Gasteiger partial charge in [-0.3, -0.25) is 0 Å². The Morgan fingerprint density at radius 2 is 1.61 bits per heavy atom. The minimum absolute atomic E-state index is 0.352. The topological polar surface area (TPSA) is 47.1 Å². The summed E-state index contributed by atoms with van der Waals surface area (Å²) in [6.45, 7) is 8.34. The van der Waals surface area contributed by atoms with Gasteiger partial charge in [0.25, 0.3) is 0 Å². The molecule has 4 nitrogen and oxygen atoms in total. The molecule has 2 aromatic heterocycles. The van der Waals surface area contributed by atoms with Crippen LogP contribution in [-0.2, 0) is 9.31 Å². The van der Waals surface area contributed by atoms with Gasteiger partial charge in [-0.05, 0) is 51.4 Å². The largest absolute Gasteiger partial charge is 0.494 e. The number of aromatic nitrogens is 2. The van der Waals surface area contributed by atoms with Crippen molar-refractivity contribution in [2.45, 2.75) is 38.9 Å². The van der Waals surface area contributed by atoms with E-state index < -0.39 is 0 Å². The molecule has 6 heteroatoms. The maximum Gasteiger partial charge on any atom is 0.494 e. The summed E-state index contributed by atoms with van der Waals surface area (Å²) >= 11 is 1.73. The molecule has 0 unspecified atom stereocenters. The highest BCUT2D eigenvalue weighted by Gasteiger charge is 2.51. The van der Waals surface area contributed by atoms with Gasteiger partial charge in [-0.1, -0.05) is 42.5 Å². The molecule has 1 aliphatic rings. The number of H-pyrrole nitrogens is 1. The van der Waals surface area contributed by atoms with E-state index in [0.29, 0.717) is 0 Å². The van der Waals surface area contributed by atoms with Crippen molar-refractivity contribution in [3.8, 4) is 10.6 Å². The second-order valence-electron chi connectivity index (χ2n) is 9.24. The van der Waals surface area contributed by atoms with Crippen LogP contribution in [0.3, 0.4) is 0 Å². The Kier molecular flexibility index (Phi) is 3.95. The fourth-order valence-corrected chi connectivity index (χ4v) is 5.27. The zero-order chi connectivity index (χ0) is 21.4. The van der Waals surface area contributed by atoms with E-state index in [1.165, 1.54) is 15.5 Å². The van der Waals surface area contributed by atoms with Crippen LogP contribution in [0.4, 0.5) is 0 Å². The standard InChI is InChI=1S/C25H23BN2O2S/c1-24(2)25(3,4)30-26(29-24)16-10-12-19-18(14-16)17-11-13-20-22(21(17)27-19)31-23(28-20)15-8-6-5-7-9-15/h5-14,27H,1-4H3. The first-order chi connectivity index (χ1) is 14.8. The molecule has 1 saturated heterocycles. The SMILES string of the molecule is CC1(C)OB(c2ccc3[nH]c4c(ccc5nc(-c6ccccc6)sc54)c3c2)OC1(C)C. The average Bonchev–Trinajstić information content (AvgIpc) is 3.39. The van der Waals surface area contributed by atoms with Crippen LogP contribution >= 0.6 is 11.3 Å². The third kappa shape index (κ3) is 2.86. The molecule has 0 radical (unpaired) electrons. The van der Waals surface area contributed by atoms with E-state index in [1.807, 2.05) is 6.07 Å². The van der Waals surface area contributed by atoms with Crippen LogP contribution in [0.15, 0.2) is 60.7 Å². The number of hydrogen-bond donors (Lipinski definition) is 1. The van der Waals surface area contributed by atoms with Crippen molar-refractivity contribution in [3.05, 3.63) is 60.7 Å². The minimum Gasteiger partial charge on any atom is -0.399 e. The first-order valence-corrected chi connectivity index (χ1v) is 11.4. The van der Waals surface area contributed by atoms with Crippen LogP contribution in [0.2, 0.25) is 0 Å².